The molecule has 112 valence electrons. The van der Waals surface area contributed by atoms with E-state index in [-0.39, 0.29) is 12.0 Å². The first-order valence-corrected chi connectivity index (χ1v) is 7.24. The monoisotopic (exact) mass is 280 g/mol. The third-order valence-corrected chi connectivity index (χ3v) is 3.77. The maximum atomic E-state index is 12.6. The van der Waals surface area contributed by atoms with E-state index in [4.69, 9.17) is 10.5 Å². The van der Waals surface area contributed by atoms with Crippen molar-refractivity contribution in [3.63, 3.8) is 0 Å². The standard InChI is InChI=1S/C14H24N4O2/c1-4-18-13(12(15)10(2)16-18)14(19)17(3)9-11-7-5-6-8-20-11/h11H,4-9,15H2,1-3H3. The SMILES string of the molecule is CCn1nc(C)c(N)c1C(=O)N(C)CC1CCCCO1. The van der Waals surface area contributed by atoms with Crippen LogP contribution in [0.4, 0.5) is 5.69 Å². The number of carbonyl (C=O) groups excluding carboxylic acids is 1. The Balaban J connectivity index is 2.09. The maximum Gasteiger partial charge on any atom is 0.274 e. The zero-order chi connectivity index (χ0) is 14.7. The molecule has 0 aromatic carbocycles. The Kier molecular flexibility index (Phi) is 4.65. The van der Waals surface area contributed by atoms with Gasteiger partial charge in [0.25, 0.3) is 5.91 Å². The van der Waals surface area contributed by atoms with Crippen LogP contribution in [0.5, 0.6) is 0 Å². The van der Waals surface area contributed by atoms with Gasteiger partial charge in [0.2, 0.25) is 0 Å². The number of ether oxygens (including phenoxy) is 1. The van der Waals surface area contributed by atoms with E-state index in [1.165, 1.54) is 6.42 Å². The van der Waals surface area contributed by atoms with E-state index in [0.717, 1.165) is 19.4 Å². The number of nitrogens with zero attached hydrogens (tertiary/aromatic N) is 3. The Morgan fingerprint density at radius 2 is 2.30 bits per heavy atom. The summed E-state index contributed by atoms with van der Waals surface area (Å²) in [4.78, 5) is 14.3. The minimum atomic E-state index is -0.0841. The van der Waals surface area contributed by atoms with Gasteiger partial charge in [0.05, 0.1) is 17.5 Å². The van der Waals surface area contributed by atoms with E-state index in [1.54, 1.807) is 16.6 Å². The molecule has 0 spiro atoms. The molecule has 0 saturated carbocycles. The molecular weight excluding hydrogens is 256 g/mol. The highest BCUT2D eigenvalue weighted by molar-refractivity contribution is 5.97. The van der Waals surface area contributed by atoms with Crippen molar-refractivity contribution in [3.05, 3.63) is 11.4 Å². The Hall–Kier alpha value is -1.56. The number of aromatic nitrogens is 2. The topological polar surface area (TPSA) is 73.4 Å². The van der Waals surface area contributed by atoms with Crippen LogP contribution >= 0.6 is 0 Å². The van der Waals surface area contributed by atoms with Crippen LogP contribution in [0.3, 0.4) is 0 Å². The molecule has 1 saturated heterocycles. The number of carbonyl (C=O) groups is 1. The molecule has 1 unspecified atom stereocenters. The molecular formula is C14H24N4O2. The fourth-order valence-corrected chi connectivity index (χ4v) is 2.57. The van der Waals surface area contributed by atoms with Gasteiger partial charge in [-0.1, -0.05) is 0 Å². The second-order valence-electron chi connectivity index (χ2n) is 5.34. The first kappa shape index (κ1) is 14.8. The van der Waals surface area contributed by atoms with Crippen LogP contribution in [0.1, 0.15) is 42.4 Å². The van der Waals surface area contributed by atoms with Gasteiger partial charge < -0.3 is 15.4 Å². The summed E-state index contributed by atoms with van der Waals surface area (Å²) in [6.07, 6.45) is 3.43. The molecule has 2 rings (SSSR count). The first-order valence-electron chi connectivity index (χ1n) is 7.24. The van der Waals surface area contributed by atoms with E-state index in [2.05, 4.69) is 5.10 Å². The molecule has 6 heteroatoms. The van der Waals surface area contributed by atoms with Crippen LogP contribution in [-0.4, -0.2) is 46.9 Å². The van der Waals surface area contributed by atoms with Gasteiger partial charge in [0, 0.05) is 26.7 Å². The second kappa shape index (κ2) is 6.26. The van der Waals surface area contributed by atoms with Crippen LogP contribution < -0.4 is 5.73 Å². The highest BCUT2D eigenvalue weighted by Gasteiger charge is 2.25. The van der Waals surface area contributed by atoms with Crippen LogP contribution in [0, 0.1) is 6.92 Å². The predicted octanol–water partition coefficient (Wildman–Crippen LogP) is 1.43. The molecule has 1 aromatic heterocycles. The van der Waals surface area contributed by atoms with Crippen molar-refractivity contribution in [2.45, 2.75) is 45.8 Å². The molecule has 1 fully saturated rings. The van der Waals surface area contributed by atoms with Crippen LogP contribution in [0.2, 0.25) is 0 Å². The molecule has 1 atom stereocenters. The van der Waals surface area contributed by atoms with Crippen molar-refractivity contribution in [1.29, 1.82) is 0 Å². The average molecular weight is 280 g/mol. The lowest BCUT2D eigenvalue weighted by Crippen LogP contribution is -2.38. The summed E-state index contributed by atoms with van der Waals surface area (Å²) < 4.78 is 7.35. The number of likely N-dealkylation sites (N-methyl/N-ethyl adjacent to an activating group) is 1. The van der Waals surface area contributed by atoms with Gasteiger partial charge in [0.1, 0.15) is 5.69 Å². The normalized spacial score (nSPS) is 19.1. The fraction of sp³-hybridized carbons (Fsp3) is 0.714. The van der Waals surface area contributed by atoms with Gasteiger partial charge in [-0.25, -0.2) is 0 Å². The number of aryl methyl sites for hydroxylation is 2. The minimum Gasteiger partial charge on any atom is -0.395 e. The quantitative estimate of drug-likeness (QED) is 0.905. The van der Waals surface area contributed by atoms with E-state index in [1.807, 2.05) is 13.8 Å². The molecule has 0 bridgehead atoms. The summed E-state index contributed by atoms with van der Waals surface area (Å²) in [7, 11) is 1.79. The van der Waals surface area contributed by atoms with Gasteiger partial charge in [-0.2, -0.15) is 5.10 Å². The molecule has 1 aliphatic rings. The lowest BCUT2D eigenvalue weighted by Gasteiger charge is -2.27. The minimum absolute atomic E-state index is 0.0841. The van der Waals surface area contributed by atoms with Crippen molar-refractivity contribution in [3.8, 4) is 0 Å². The predicted molar refractivity (Wildman–Crippen MR) is 77.6 cm³/mol. The maximum absolute atomic E-state index is 12.6. The molecule has 2 N–H and O–H groups in total. The molecule has 20 heavy (non-hydrogen) atoms. The number of nitrogen functional groups attached to an aromatic ring is 1. The van der Waals surface area contributed by atoms with E-state index in [9.17, 15) is 4.79 Å². The van der Waals surface area contributed by atoms with E-state index < -0.39 is 0 Å². The summed E-state index contributed by atoms with van der Waals surface area (Å²) in [5.74, 6) is -0.0841. The number of rotatable bonds is 4. The molecule has 6 nitrogen and oxygen atoms in total. The number of hydrogen-bond acceptors (Lipinski definition) is 4. The third kappa shape index (κ3) is 2.95. The van der Waals surface area contributed by atoms with Gasteiger partial charge in [-0.05, 0) is 33.1 Å². The Labute approximate surface area is 119 Å². The molecule has 1 amide bonds. The summed E-state index contributed by atoms with van der Waals surface area (Å²) in [6.45, 7) is 5.80. The van der Waals surface area contributed by atoms with Gasteiger partial charge in [-0.3, -0.25) is 9.48 Å². The molecule has 0 radical (unpaired) electrons. The summed E-state index contributed by atoms with van der Waals surface area (Å²) in [5.41, 5.74) is 7.66. The fourth-order valence-electron chi connectivity index (χ4n) is 2.57. The van der Waals surface area contributed by atoms with Crippen molar-refractivity contribution in [2.24, 2.45) is 0 Å². The number of nitrogens with two attached hydrogens (primary N) is 1. The van der Waals surface area contributed by atoms with Crippen molar-refractivity contribution >= 4 is 11.6 Å². The Morgan fingerprint density at radius 3 is 2.90 bits per heavy atom. The number of anilines is 1. The van der Waals surface area contributed by atoms with Crippen LogP contribution in [-0.2, 0) is 11.3 Å². The van der Waals surface area contributed by atoms with E-state index in [0.29, 0.717) is 30.2 Å². The average Bonchev–Trinajstić information content (AvgIpc) is 2.74. The van der Waals surface area contributed by atoms with Gasteiger partial charge in [-0.15, -0.1) is 0 Å². The highest BCUT2D eigenvalue weighted by Crippen LogP contribution is 2.19. The van der Waals surface area contributed by atoms with E-state index >= 15 is 0 Å². The zero-order valence-corrected chi connectivity index (χ0v) is 12.6. The van der Waals surface area contributed by atoms with Crippen molar-refractivity contribution in [2.75, 3.05) is 25.9 Å². The second-order valence-corrected chi connectivity index (χ2v) is 5.34. The number of hydrogen-bond donors (Lipinski definition) is 1. The Bertz CT molecular complexity index is 478. The summed E-state index contributed by atoms with van der Waals surface area (Å²) in [6, 6.07) is 0. The summed E-state index contributed by atoms with van der Waals surface area (Å²) in [5, 5.41) is 4.29. The lowest BCUT2D eigenvalue weighted by atomic mass is 10.1. The van der Waals surface area contributed by atoms with Crippen molar-refractivity contribution in [1.82, 2.24) is 14.7 Å². The molecule has 0 aliphatic carbocycles. The van der Waals surface area contributed by atoms with Crippen molar-refractivity contribution < 1.29 is 9.53 Å². The lowest BCUT2D eigenvalue weighted by molar-refractivity contribution is -0.000379. The highest BCUT2D eigenvalue weighted by atomic mass is 16.5. The van der Waals surface area contributed by atoms with Gasteiger partial charge in [0.15, 0.2) is 0 Å². The molecule has 1 aromatic rings. The van der Waals surface area contributed by atoms with Crippen LogP contribution in [0.25, 0.3) is 0 Å². The first-order chi connectivity index (χ1) is 9.54. The van der Waals surface area contributed by atoms with Crippen LogP contribution in [0.15, 0.2) is 0 Å². The number of amides is 1. The Morgan fingerprint density at radius 1 is 1.55 bits per heavy atom. The largest absolute Gasteiger partial charge is 0.395 e. The van der Waals surface area contributed by atoms with Gasteiger partial charge >= 0.3 is 0 Å². The molecule has 1 aliphatic heterocycles. The molecule has 2 heterocycles. The smallest absolute Gasteiger partial charge is 0.274 e. The summed E-state index contributed by atoms with van der Waals surface area (Å²) >= 11 is 0. The third-order valence-electron chi connectivity index (χ3n) is 3.77. The zero-order valence-electron chi connectivity index (χ0n) is 12.6.